The van der Waals surface area contributed by atoms with Crippen molar-refractivity contribution in [3.8, 4) is 0 Å². The number of nitrogens with one attached hydrogen (secondary N) is 1. The summed E-state index contributed by atoms with van der Waals surface area (Å²) in [7, 11) is -3.69. The van der Waals surface area contributed by atoms with Crippen LogP contribution in [0.15, 0.2) is 36.7 Å². The van der Waals surface area contributed by atoms with E-state index < -0.39 is 27.6 Å². The van der Waals surface area contributed by atoms with E-state index in [1.54, 1.807) is 6.07 Å². The Morgan fingerprint density at radius 3 is 2.87 bits per heavy atom. The lowest BCUT2D eigenvalue weighted by Gasteiger charge is -2.08. The molecule has 5 nitrogen and oxygen atoms in total. The van der Waals surface area contributed by atoms with Gasteiger partial charge in [0.05, 0.1) is 11.8 Å². The van der Waals surface area contributed by atoms with E-state index in [1.807, 2.05) is 0 Å². The molecule has 2 unspecified atom stereocenters. The van der Waals surface area contributed by atoms with E-state index >= 15 is 0 Å². The minimum Gasteiger partial charge on any atom is -0.277 e. The van der Waals surface area contributed by atoms with Crippen molar-refractivity contribution in [3.63, 3.8) is 0 Å². The molecule has 1 aliphatic rings. The molecule has 0 amide bonds. The Kier molecular flexibility index (Phi) is 4.15. The summed E-state index contributed by atoms with van der Waals surface area (Å²) in [5, 5.41) is -0.681. The summed E-state index contributed by atoms with van der Waals surface area (Å²) >= 11 is 0. The van der Waals surface area contributed by atoms with Crippen molar-refractivity contribution in [3.05, 3.63) is 53.9 Å². The molecule has 1 fully saturated rings. The van der Waals surface area contributed by atoms with Crippen molar-refractivity contribution in [2.75, 3.05) is 0 Å². The minimum absolute atomic E-state index is 0.0634. The van der Waals surface area contributed by atoms with E-state index in [0.29, 0.717) is 16.6 Å². The standard InChI is InChI=1S/C14H14F3N3O2S/c15-10-3-1-2-9(6-10)11-7-12(11)23(21,22)19-8-13-18-4-5-20(13)14(16)17/h1-6,11-12,14,19H,7-8H2. The number of sulfonamides is 1. The van der Waals surface area contributed by atoms with Gasteiger partial charge >= 0.3 is 6.55 Å². The van der Waals surface area contributed by atoms with Gasteiger partial charge in [0.2, 0.25) is 10.0 Å². The first-order valence-corrected chi connectivity index (χ1v) is 8.47. The van der Waals surface area contributed by atoms with Crippen molar-refractivity contribution in [2.24, 2.45) is 0 Å². The van der Waals surface area contributed by atoms with Gasteiger partial charge in [-0.15, -0.1) is 0 Å². The molecule has 23 heavy (non-hydrogen) atoms. The Hall–Kier alpha value is -1.87. The maximum absolute atomic E-state index is 13.2. The van der Waals surface area contributed by atoms with Gasteiger partial charge in [0.1, 0.15) is 11.6 Å². The molecule has 3 rings (SSSR count). The highest BCUT2D eigenvalue weighted by Gasteiger charge is 2.48. The molecular formula is C14H14F3N3O2S. The van der Waals surface area contributed by atoms with Crippen LogP contribution in [0.2, 0.25) is 0 Å². The molecule has 9 heteroatoms. The van der Waals surface area contributed by atoms with Crippen molar-refractivity contribution in [1.82, 2.24) is 14.3 Å². The molecule has 0 spiro atoms. The number of hydrogen-bond donors (Lipinski definition) is 1. The molecular weight excluding hydrogens is 331 g/mol. The van der Waals surface area contributed by atoms with E-state index in [9.17, 15) is 21.6 Å². The van der Waals surface area contributed by atoms with E-state index in [2.05, 4.69) is 9.71 Å². The van der Waals surface area contributed by atoms with Gasteiger partial charge in [0.15, 0.2) is 0 Å². The van der Waals surface area contributed by atoms with E-state index in [0.717, 1.165) is 6.20 Å². The number of imidazole rings is 1. The van der Waals surface area contributed by atoms with Crippen molar-refractivity contribution in [2.45, 2.75) is 30.7 Å². The Bertz CT molecular complexity index is 807. The molecule has 2 atom stereocenters. The summed E-state index contributed by atoms with van der Waals surface area (Å²) in [6.07, 6.45) is 2.64. The minimum atomic E-state index is -3.69. The Labute approximate surface area is 131 Å². The topological polar surface area (TPSA) is 64.0 Å². The number of rotatable bonds is 6. The van der Waals surface area contributed by atoms with Gasteiger partial charge < -0.3 is 0 Å². The SMILES string of the molecule is O=S(=O)(NCc1nccn1C(F)F)C1CC1c1cccc(F)c1. The predicted molar refractivity (Wildman–Crippen MR) is 76.8 cm³/mol. The monoisotopic (exact) mass is 345 g/mol. The van der Waals surface area contributed by atoms with Crippen LogP contribution in [-0.4, -0.2) is 23.2 Å². The van der Waals surface area contributed by atoms with Gasteiger partial charge in [-0.1, -0.05) is 12.1 Å². The van der Waals surface area contributed by atoms with Crippen LogP contribution in [0.25, 0.3) is 0 Å². The summed E-state index contributed by atoms with van der Waals surface area (Å²) in [4.78, 5) is 3.72. The lowest BCUT2D eigenvalue weighted by molar-refractivity contribution is 0.0669. The van der Waals surface area contributed by atoms with Crippen LogP contribution in [0, 0.1) is 5.82 Å². The normalized spacial score (nSPS) is 20.9. The quantitative estimate of drug-likeness (QED) is 0.874. The lowest BCUT2D eigenvalue weighted by Crippen LogP contribution is -2.29. The van der Waals surface area contributed by atoms with Crippen molar-refractivity contribution < 1.29 is 21.6 Å². The summed E-state index contributed by atoms with van der Waals surface area (Å²) in [5.74, 6) is -0.762. The zero-order chi connectivity index (χ0) is 16.6. The molecule has 0 radical (unpaired) electrons. The summed E-state index contributed by atoms with van der Waals surface area (Å²) in [6, 6.07) is 5.80. The molecule has 2 aromatic rings. The fourth-order valence-electron chi connectivity index (χ4n) is 2.53. The summed E-state index contributed by atoms with van der Waals surface area (Å²) in [6.45, 7) is -3.09. The van der Waals surface area contributed by atoms with Crippen LogP contribution in [-0.2, 0) is 16.6 Å². The number of nitrogens with zero attached hydrogens (tertiary/aromatic N) is 2. The maximum atomic E-state index is 13.2. The molecule has 1 aromatic carbocycles. The van der Waals surface area contributed by atoms with Crippen LogP contribution >= 0.6 is 0 Å². The van der Waals surface area contributed by atoms with Crippen LogP contribution in [0.4, 0.5) is 13.2 Å². The Morgan fingerprint density at radius 1 is 1.39 bits per heavy atom. The van der Waals surface area contributed by atoms with Crippen LogP contribution in [0.3, 0.4) is 0 Å². The van der Waals surface area contributed by atoms with Gasteiger partial charge in [-0.05, 0) is 24.1 Å². The molecule has 0 bridgehead atoms. The van der Waals surface area contributed by atoms with Gasteiger partial charge in [-0.3, -0.25) is 4.57 Å². The maximum Gasteiger partial charge on any atom is 0.319 e. The fraction of sp³-hybridized carbons (Fsp3) is 0.357. The first-order chi connectivity index (χ1) is 10.9. The highest BCUT2D eigenvalue weighted by molar-refractivity contribution is 7.90. The summed E-state index contributed by atoms with van der Waals surface area (Å²) < 4.78 is 65.9. The average molecular weight is 345 g/mol. The van der Waals surface area contributed by atoms with E-state index in [-0.39, 0.29) is 18.3 Å². The smallest absolute Gasteiger partial charge is 0.277 e. The molecule has 0 aliphatic heterocycles. The Balaban J connectivity index is 1.66. The fourth-order valence-corrected chi connectivity index (χ4v) is 4.13. The van der Waals surface area contributed by atoms with Gasteiger partial charge in [-0.25, -0.2) is 22.5 Å². The van der Waals surface area contributed by atoms with Crippen LogP contribution < -0.4 is 4.72 Å². The number of aromatic nitrogens is 2. The second-order valence-electron chi connectivity index (χ2n) is 5.33. The molecule has 124 valence electrons. The van der Waals surface area contributed by atoms with E-state index in [1.165, 1.54) is 24.4 Å². The lowest BCUT2D eigenvalue weighted by atomic mass is 10.1. The number of hydrogen-bond acceptors (Lipinski definition) is 3. The third-order valence-corrected chi connectivity index (χ3v) is 5.66. The molecule has 1 aliphatic carbocycles. The first-order valence-electron chi connectivity index (χ1n) is 6.92. The third kappa shape index (κ3) is 3.40. The highest BCUT2D eigenvalue weighted by Crippen LogP contribution is 2.45. The predicted octanol–water partition coefficient (Wildman–Crippen LogP) is 2.39. The molecule has 1 N–H and O–H groups in total. The molecule has 1 saturated carbocycles. The Morgan fingerprint density at radius 2 is 2.17 bits per heavy atom. The molecule has 0 saturated heterocycles. The number of benzene rings is 1. The largest absolute Gasteiger partial charge is 0.319 e. The van der Waals surface area contributed by atoms with Crippen molar-refractivity contribution >= 4 is 10.0 Å². The van der Waals surface area contributed by atoms with Gasteiger partial charge in [0.25, 0.3) is 0 Å². The first kappa shape index (κ1) is 16.0. The van der Waals surface area contributed by atoms with E-state index in [4.69, 9.17) is 0 Å². The zero-order valence-corrected chi connectivity index (χ0v) is 12.7. The van der Waals surface area contributed by atoms with Crippen LogP contribution in [0.1, 0.15) is 30.3 Å². The van der Waals surface area contributed by atoms with Crippen molar-refractivity contribution in [1.29, 1.82) is 0 Å². The average Bonchev–Trinajstić information content (AvgIpc) is 3.17. The highest BCUT2D eigenvalue weighted by atomic mass is 32.2. The number of halogens is 3. The summed E-state index contributed by atoms with van der Waals surface area (Å²) in [5.41, 5.74) is 0.620. The number of alkyl halides is 2. The van der Waals surface area contributed by atoms with Gasteiger partial charge in [0, 0.05) is 18.3 Å². The molecule has 1 heterocycles. The van der Waals surface area contributed by atoms with Gasteiger partial charge in [-0.2, -0.15) is 8.78 Å². The third-order valence-electron chi connectivity index (χ3n) is 3.80. The van der Waals surface area contributed by atoms with Crippen LogP contribution in [0.5, 0.6) is 0 Å². The zero-order valence-electron chi connectivity index (χ0n) is 11.9. The second-order valence-corrected chi connectivity index (χ2v) is 7.31. The molecule has 1 aromatic heterocycles. The second kappa shape index (κ2) is 5.97.